The van der Waals surface area contributed by atoms with Crippen LogP contribution in [0.15, 0.2) is 42.5 Å². The molecule has 0 radical (unpaired) electrons. The molecule has 2 aromatic carbocycles. The minimum Gasteiger partial charge on any atom is -0.497 e. The summed E-state index contributed by atoms with van der Waals surface area (Å²) in [7, 11) is 1.56. The molecule has 2 N–H and O–H groups in total. The maximum Gasteiger partial charge on any atom is 0.305 e. The van der Waals surface area contributed by atoms with Crippen molar-refractivity contribution in [3.05, 3.63) is 59.2 Å². The Balaban J connectivity index is 1.69. The minimum atomic E-state index is -0.971. The summed E-state index contributed by atoms with van der Waals surface area (Å²) in [6.07, 6.45) is 0.855. The van der Waals surface area contributed by atoms with Crippen molar-refractivity contribution in [1.82, 2.24) is 5.32 Å². The monoisotopic (exact) mass is 355 g/mol. The number of carboxylic acids is 1. The molecule has 0 aromatic heterocycles. The molecule has 1 aliphatic heterocycles. The van der Waals surface area contributed by atoms with Gasteiger partial charge in [-0.25, -0.2) is 0 Å². The number of nitrogens with one attached hydrogen (secondary N) is 1. The predicted octanol–water partition coefficient (Wildman–Crippen LogP) is 2.50. The Morgan fingerprint density at radius 2 is 2.00 bits per heavy atom. The van der Waals surface area contributed by atoms with E-state index >= 15 is 0 Å². The van der Waals surface area contributed by atoms with Gasteiger partial charge >= 0.3 is 5.97 Å². The molecular weight excluding hydrogens is 334 g/mol. The van der Waals surface area contributed by atoms with Gasteiger partial charge < -0.3 is 19.9 Å². The zero-order chi connectivity index (χ0) is 18.5. The predicted molar refractivity (Wildman–Crippen MR) is 95.5 cm³/mol. The molecule has 0 bridgehead atoms. The van der Waals surface area contributed by atoms with Gasteiger partial charge in [-0.2, -0.15) is 0 Å². The Bertz CT molecular complexity index is 800. The zero-order valence-corrected chi connectivity index (χ0v) is 14.5. The summed E-state index contributed by atoms with van der Waals surface area (Å²) in [5.74, 6) is 0.359. The molecule has 1 heterocycles. The zero-order valence-electron chi connectivity index (χ0n) is 14.5. The van der Waals surface area contributed by atoms with E-state index in [4.69, 9.17) is 14.6 Å². The van der Waals surface area contributed by atoms with Crippen LogP contribution in [0, 0.1) is 0 Å². The molecule has 0 saturated carbocycles. The van der Waals surface area contributed by atoms with Crippen LogP contribution in [0.5, 0.6) is 11.5 Å². The number of ether oxygens (including phenoxy) is 2. The van der Waals surface area contributed by atoms with E-state index in [-0.39, 0.29) is 18.7 Å². The lowest BCUT2D eigenvalue weighted by molar-refractivity contribution is -0.137. The van der Waals surface area contributed by atoms with E-state index < -0.39 is 12.0 Å². The second kappa shape index (κ2) is 7.91. The van der Waals surface area contributed by atoms with Crippen molar-refractivity contribution < 1.29 is 24.2 Å². The number of benzene rings is 2. The average Bonchev–Trinajstić information content (AvgIpc) is 3.08. The highest BCUT2D eigenvalue weighted by Crippen LogP contribution is 2.26. The van der Waals surface area contributed by atoms with Crippen LogP contribution >= 0.6 is 0 Å². The fourth-order valence-electron chi connectivity index (χ4n) is 3.04. The Labute approximate surface area is 151 Å². The lowest BCUT2D eigenvalue weighted by atomic mass is 10.0. The summed E-state index contributed by atoms with van der Waals surface area (Å²) in [6, 6.07) is 12.1. The molecule has 6 heteroatoms. The summed E-state index contributed by atoms with van der Waals surface area (Å²) in [6.45, 7) is 0.670. The van der Waals surface area contributed by atoms with Crippen molar-refractivity contribution in [2.75, 3.05) is 13.7 Å². The number of carbonyl (C=O) groups excluding carboxylic acids is 1. The van der Waals surface area contributed by atoms with E-state index in [9.17, 15) is 9.59 Å². The second-order valence-corrected chi connectivity index (χ2v) is 6.21. The van der Waals surface area contributed by atoms with Gasteiger partial charge in [0.05, 0.1) is 32.6 Å². The molecule has 136 valence electrons. The van der Waals surface area contributed by atoms with Crippen molar-refractivity contribution in [3.8, 4) is 11.5 Å². The smallest absolute Gasteiger partial charge is 0.305 e. The molecule has 0 saturated heterocycles. The van der Waals surface area contributed by atoms with Gasteiger partial charge in [-0.3, -0.25) is 9.59 Å². The number of carbonyl (C=O) groups is 2. The highest BCUT2D eigenvalue weighted by atomic mass is 16.5. The van der Waals surface area contributed by atoms with E-state index in [1.807, 2.05) is 18.2 Å². The molecule has 0 aliphatic carbocycles. The van der Waals surface area contributed by atoms with Gasteiger partial charge in [0.15, 0.2) is 0 Å². The van der Waals surface area contributed by atoms with Gasteiger partial charge in [-0.1, -0.05) is 24.3 Å². The third kappa shape index (κ3) is 4.33. The lowest BCUT2D eigenvalue weighted by Crippen LogP contribution is -2.31. The van der Waals surface area contributed by atoms with Gasteiger partial charge in [0.2, 0.25) is 5.91 Å². The number of amides is 1. The molecule has 0 unspecified atom stereocenters. The topological polar surface area (TPSA) is 84.9 Å². The van der Waals surface area contributed by atoms with Crippen LogP contribution in [0.1, 0.15) is 29.2 Å². The van der Waals surface area contributed by atoms with E-state index in [0.29, 0.717) is 12.4 Å². The number of hydrogen-bond acceptors (Lipinski definition) is 4. The summed E-state index contributed by atoms with van der Waals surface area (Å²) >= 11 is 0. The summed E-state index contributed by atoms with van der Waals surface area (Å²) < 4.78 is 10.6. The highest BCUT2D eigenvalue weighted by molar-refractivity contribution is 5.80. The van der Waals surface area contributed by atoms with Crippen LogP contribution < -0.4 is 14.8 Å². The van der Waals surface area contributed by atoms with Crippen LogP contribution in [-0.4, -0.2) is 30.7 Å². The number of rotatable bonds is 7. The summed E-state index contributed by atoms with van der Waals surface area (Å²) in [4.78, 5) is 23.6. The molecule has 1 atom stereocenters. The Morgan fingerprint density at radius 3 is 2.69 bits per heavy atom. The number of aliphatic carboxylic acids is 1. The molecule has 2 aromatic rings. The van der Waals surface area contributed by atoms with Gasteiger partial charge in [0.25, 0.3) is 0 Å². The second-order valence-electron chi connectivity index (χ2n) is 6.21. The van der Waals surface area contributed by atoms with Crippen LogP contribution in [0.3, 0.4) is 0 Å². The molecule has 0 spiro atoms. The lowest BCUT2D eigenvalue weighted by Gasteiger charge is -2.18. The SMILES string of the molecule is COc1ccc([C@H](CC(=O)O)NC(=O)Cc2ccc3c(c2)CCO3)cc1. The fourth-order valence-corrected chi connectivity index (χ4v) is 3.04. The summed E-state index contributed by atoms with van der Waals surface area (Å²) in [5.41, 5.74) is 2.71. The molecule has 26 heavy (non-hydrogen) atoms. The number of carboxylic acid groups (broad SMARTS) is 1. The Hall–Kier alpha value is -3.02. The van der Waals surface area contributed by atoms with Crippen LogP contribution in [0.4, 0.5) is 0 Å². The molecule has 0 fully saturated rings. The Kier molecular flexibility index (Phi) is 5.41. The van der Waals surface area contributed by atoms with Crippen molar-refractivity contribution in [1.29, 1.82) is 0 Å². The first-order valence-corrected chi connectivity index (χ1v) is 8.45. The fraction of sp³-hybridized carbons (Fsp3) is 0.300. The third-order valence-electron chi connectivity index (χ3n) is 4.35. The van der Waals surface area contributed by atoms with Gasteiger partial charge in [0, 0.05) is 6.42 Å². The van der Waals surface area contributed by atoms with E-state index in [2.05, 4.69) is 5.32 Å². The molecule has 3 rings (SSSR count). The van der Waals surface area contributed by atoms with Crippen molar-refractivity contribution in [2.45, 2.75) is 25.3 Å². The van der Waals surface area contributed by atoms with E-state index in [1.54, 1.807) is 31.4 Å². The van der Waals surface area contributed by atoms with Gasteiger partial charge in [-0.15, -0.1) is 0 Å². The first kappa shape index (κ1) is 17.8. The van der Waals surface area contributed by atoms with E-state index in [1.165, 1.54) is 0 Å². The number of hydrogen-bond donors (Lipinski definition) is 2. The quantitative estimate of drug-likeness (QED) is 0.797. The van der Waals surface area contributed by atoms with Crippen molar-refractivity contribution >= 4 is 11.9 Å². The molecule has 1 amide bonds. The number of fused-ring (bicyclic) bond motifs is 1. The largest absolute Gasteiger partial charge is 0.497 e. The highest BCUT2D eigenvalue weighted by Gasteiger charge is 2.19. The van der Waals surface area contributed by atoms with Crippen LogP contribution in [-0.2, 0) is 22.4 Å². The van der Waals surface area contributed by atoms with Crippen LogP contribution in [0.25, 0.3) is 0 Å². The molecular formula is C20H21NO5. The van der Waals surface area contributed by atoms with Crippen molar-refractivity contribution in [2.24, 2.45) is 0 Å². The minimum absolute atomic E-state index is 0.184. The maximum atomic E-state index is 12.4. The molecule has 1 aliphatic rings. The maximum absolute atomic E-state index is 12.4. The normalized spacial score (nSPS) is 13.4. The first-order chi connectivity index (χ1) is 12.5. The third-order valence-corrected chi connectivity index (χ3v) is 4.35. The summed E-state index contributed by atoms with van der Waals surface area (Å²) in [5, 5.41) is 12.0. The van der Waals surface area contributed by atoms with E-state index in [0.717, 1.165) is 28.9 Å². The van der Waals surface area contributed by atoms with Crippen molar-refractivity contribution in [3.63, 3.8) is 0 Å². The number of methoxy groups -OCH3 is 1. The van der Waals surface area contributed by atoms with Gasteiger partial charge in [0.1, 0.15) is 11.5 Å². The standard InChI is InChI=1S/C20H21NO5/c1-25-16-5-3-14(4-6-16)17(12-20(23)24)21-19(22)11-13-2-7-18-15(10-13)8-9-26-18/h2-7,10,17H,8-9,11-12H2,1H3,(H,21,22)(H,23,24)/t17-/m0/s1. The Morgan fingerprint density at radius 1 is 1.23 bits per heavy atom. The molecule has 6 nitrogen and oxygen atoms in total. The van der Waals surface area contributed by atoms with Crippen LogP contribution in [0.2, 0.25) is 0 Å². The average molecular weight is 355 g/mol. The first-order valence-electron chi connectivity index (χ1n) is 8.45. The van der Waals surface area contributed by atoms with Gasteiger partial charge in [-0.05, 0) is 34.9 Å².